The van der Waals surface area contributed by atoms with Crippen LogP contribution in [0.25, 0.3) is 21.2 Å². The van der Waals surface area contributed by atoms with Crippen molar-refractivity contribution >= 4 is 38.4 Å². The van der Waals surface area contributed by atoms with Gasteiger partial charge in [-0.15, -0.1) is 11.3 Å². The molecule has 0 aliphatic rings. The van der Waals surface area contributed by atoms with E-state index in [4.69, 9.17) is 4.42 Å². The molecule has 0 fully saturated rings. The topological polar surface area (TPSA) is 55.1 Å². The Balaban J connectivity index is 1.56. The quantitative estimate of drug-likeness (QED) is 0.612. The highest BCUT2D eigenvalue weighted by Crippen LogP contribution is 2.25. The van der Waals surface area contributed by atoms with Crippen LogP contribution in [0.1, 0.15) is 21.1 Å². The number of fused-ring (bicyclic) bond motifs is 2. The molecule has 0 aliphatic heterocycles. The Labute approximate surface area is 136 Å². The number of amides is 1. The maximum atomic E-state index is 12.4. The molecule has 0 saturated carbocycles. The first-order valence-electron chi connectivity index (χ1n) is 7.33. The zero-order chi connectivity index (χ0) is 15.8. The first-order chi connectivity index (χ1) is 11.2. The molecule has 2 aromatic heterocycles. The maximum Gasteiger partial charge on any atom is 0.287 e. The number of hydrogen-bond acceptors (Lipinski definition) is 4. The molecular formula is C18H14N2O2S. The predicted octanol–water partition coefficient (Wildman–Crippen LogP) is 4.28. The lowest BCUT2D eigenvalue weighted by molar-refractivity contribution is 0.0924. The zero-order valence-electron chi connectivity index (χ0n) is 12.5. The third-order valence-corrected chi connectivity index (χ3v) is 4.82. The lowest BCUT2D eigenvalue weighted by atomic mass is 10.1. The van der Waals surface area contributed by atoms with Crippen LogP contribution < -0.4 is 5.32 Å². The van der Waals surface area contributed by atoms with Gasteiger partial charge in [0.1, 0.15) is 10.6 Å². The number of nitrogens with zero attached hydrogens (tertiary/aromatic N) is 1. The summed E-state index contributed by atoms with van der Waals surface area (Å²) in [7, 11) is 0. The van der Waals surface area contributed by atoms with Crippen LogP contribution in [0.15, 0.2) is 52.9 Å². The number of aryl methyl sites for hydroxylation is 1. The highest BCUT2D eigenvalue weighted by atomic mass is 32.1. The van der Waals surface area contributed by atoms with Crippen LogP contribution in [-0.2, 0) is 6.54 Å². The van der Waals surface area contributed by atoms with E-state index in [2.05, 4.69) is 10.3 Å². The fourth-order valence-corrected chi connectivity index (χ4v) is 3.53. The van der Waals surface area contributed by atoms with Gasteiger partial charge in [-0.1, -0.05) is 30.3 Å². The molecule has 0 spiro atoms. The predicted molar refractivity (Wildman–Crippen MR) is 91.7 cm³/mol. The smallest absolute Gasteiger partial charge is 0.287 e. The second-order valence-corrected chi connectivity index (χ2v) is 6.43. The number of aromatic nitrogens is 1. The van der Waals surface area contributed by atoms with Crippen LogP contribution >= 0.6 is 11.3 Å². The fraction of sp³-hybridized carbons (Fsp3) is 0.111. The lowest BCUT2D eigenvalue weighted by Gasteiger charge is -2.00. The van der Waals surface area contributed by atoms with Gasteiger partial charge in [-0.05, 0) is 25.1 Å². The summed E-state index contributed by atoms with van der Waals surface area (Å²) in [6.45, 7) is 2.30. The van der Waals surface area contributed by atoms with Crippen molar-refractivity contribution in [1.82, 2.24) is 10.3 Å². The van der Waals surface area contributed by atoms with Gasteiger partial charge in [0.25, 0.3) is 5.91 Å². The monoisotopic (exact) mass is 322 g/mol. The number of para-hydroxylation sites is 2. The lowest BCUT2D eigenvalue weighted by Crippen LogP contribution is -2.22. The summed E-state index contributed by atoms with van der Waals surface area (Å²) in [5, 5.41) is 4.75. The molecule has 2 heterocycles. The van der Waals surface area contributed by atoms with Gasteiger partial charge < -0.3 is 9.73 Å². The Morgan fingerprint density at radius 2 is 1.96 bits per heavy atom. The van der Waals surface area contributed by atoms with Gasteiger partial charge in [0.2, 0.25) is 0 Å². The number of rotatable bonds is 3. The van der Waals surface area contributed by atoms with Crippen LogP contribution in [0.2, 0.25) is 0 Å². The van der Waals surface area contributed by atoms with E-state index in [0.717, 1.165) is 31.8 Å². The summed E-state index contributed by atoms with van der Waals surface area (Å²) >= 11 is 1.59. The highest BCUT2D eigenvalue weighted by Gasteiger charge is 2.17. The van der Waals surface area contributed by atoms with E-state index >= 15 is 0 Å². The second-order valence-electron chi connectivity index (χ2n) is 5.31. The number of nitrogens with one attached hydrogen (secondary N) is 1. The van der Waals surface area contributed by atoms with Crippen molar-refractivity contribution in [2.45, 2.75) is 13.5 Å². The Morgan fingerprint density at radius 1 is 1.17 bits per heavy atom. The average Bonchev–Trinajstić information content (AvgIpc) is 3.14. The molecule has 4 rings (SSSR count). The summed E-state index contributed by atoms with van der Waals surface area (Å²) in [5.74, 6) is 0.158. The van der Waals surface area contributed by atoms with Gasteiger partial charge in [0.05, 0.1) is 16.8 Å². The van der Waals surface area contributed by atoms with Crippen molar-refractivity contribution in [1.29, 1.82) is 0 Å². The molecule has 23 heavy (non-hydrogen) atoms. The van der Waals surface area contributed by atoms with E-state index in [1.165, 1.54) is 0 Å². The van der Waals surface area contributed by atoms with Crippen molar-refractivity contribution in [3.8, 4) is 0 Å². The number of benzene rings is 2. The second kappa shape index (κ2) is 5.52. The van der Waals surface area contributed by atoms with Crippen LogP contribution in [0.3, 0.4) is 0 Å². The number of carbonyl (C=O) groups excluding carboxylic acids is 1. The SMILES string of the molecule is Cc1c(C(=O)NCc2nc3ccccc3s2)oc2ccccc12. The Hall–Kier alpha value is -2.66. The van der Waals surface area contributed by atoms with Gasteiger partial charge >= 0.3 is 0 Å². The Kier molecular flexibility index (Phi) is 3.35. The minimum absolute atomic E-state index is 0.210. The van der Waals surface area contributed by atoms with E-state index in [0.29, 0.717) is 12.3 Å². The summed E-state index contributed by atoms with van der Waals surface area (Å²) in [6, 6.07) is 15.6. The summed E-state index contributed by atoms with van der Waals surface area (Å²) in [6.07, 6.45) is 0. The van der Waals surface area contributed by atoms with Gasteiger partial charge in [-0.25, -0.2) is 4.98 Å². The maximum absolute atomic E-state index is 12.4. The summed E-state index contributed by atoms with van der Waals surface area (Å²) in [5.41, 5.74) is 2.55. The van der Waals surface area contributed by atoms with Crippen molar-refractivity contribution in [3.63, 3.8) is 0 Å². The third kappa shape index (κ3) is 2.49. The van der Waals surface area contributed by atoms with Crippen LogP contribution in [-0.4, -0.2) is 10.9 Å². The minimum Gasteiger partial charge on any atom is -0.451 e. The summed E-state index contributed by atoms with van der Waals surface area (Å²) < 4.78 is 6.80. The van der Waals surface area contributed by atoms with Crippen LogP contribution in [0, 0.1) is 6.92 Å². The van der Waals surface area contributed by atoms with Crippen molar-refractivity contribution < 1.29 is 9.21 Å². The third-order valence-electron chi connectivity index (χ3n) is 3.79. The molecule has 1 amide bonds. The van der Waals surface area contributed by atoms with E-state index in [9.17, 15) is 4.79 Å². The van der Waals surface area contributed by atoms with Crippen molar-refractivity contribution in [3.05, 3.63) is 64.9 Å². The average molecular weight is 322 g/mol. The van der Waals surface area contributed by atoms with E-state index in [-0.39, 0.29) is 5.91 Å². The molecule has 4 aromatic rings. The van der Waals surface area contributed by atoms with Crippen LogP contribution in [0.5, 0.6) is 0 Å². The molecule has 1 N–H and O–H groups in total. The fourth-order valence-electron chi connectivity index (χ4n) is 2.62. The standard InChI is InChI=1S/C18H14N2O2S/c1-11-12-6-2-4-8-14(12)22-17(11)18(21)19-10-16-20-13-7-3-5-9-15(13)23-16/h2-9H,10H2,1H3,(H,19,21). The number of furan rings is 1. The first kappa shape index (κ1) is 14.0. The van der Waals surface area contributed by atoms with E-state index < -0.39 is 0 Å². The molecule has 4 nitrogen and oxygen atoms in total. The Morgan fingerprint density at radius 3 is 2.78 bits per heavy atom. The highest BCUT2D eigenvalue weighted by molar-refractivity contribution is 7.18. The van der Waals surface area contributed by atoms with E-state index in [1.807, 2.05) is 55.5 Å². The molecule has 0 saturated heterocycles. The van der Waals surface area contributed by atoms with Crippen molar-refractivity contribution in [2.75, 3.05) is 0 Å². The summed E-state index contributed by atoms with van der Waals surface area (Å²) in [4.78, 5) is 16.9. The Bertz CT molecular complexity index is 983. The number of hydrogen-bond donors (Lipinski definition) is 1. The number of thiazole rings is 1. The molecular weight excluding hydrogens is 308 g/mol. The van der Waals surface area contributed by atoms with Crippen LogP contribution in [0.4, 0.5) is 0 Å². The largest absolute Gasteiger partial charge is 0.451 e. The molecule has 114 valence electrons. The molecule has 2 aromatic carbocycles. The van der Waals surface area contributed by atoms with Gasteiger partial charge in [0.15, 0.2) is 5.76 Å². The normalized spacial score (nSPS) is 11.2. The van der Waals surface area contributed by atoms with Crippen molar-refractivity contribution in [2.24, 2.45) is 0 Å². The first-order valence-corrected chi connectivity index (χ1v) is 8.15. The van der Waals surface area contributed by atoms with Gasteiger partial charge in [0, 0.05) is 10.9 Å². The molecule has 5 heteroatoms. The number of carbonyl (C=O) groups is 1. The molecule has 0 aliphatic carbocycles. The minimum atomic E-state index is -0.210. The molecule has 0 unspecified atom stereocenters. The van der Waals surface area contributed by atoms with Gasteiger partial charge in [-0.3, -0.25) is 4.79 Å². The molecule has 0 bridgehead atoms. The molecule has 0 radical (unpaired) electrons. The van der Waals surface area contributed by atoms with Gasteiger partial charge in [-0.2, -0.15) is 0 Å². The molecule has 0 atom stereocenters. The zero-order valence-corrected chi connectivity index (χ0v) is 13.3. The van der Waals surface area contributed by atoms with E-state index in [1.54, 1.807) is 11.3 Å².